The number of hydroxylamine groups is 2. The molecule has 43 heavy (non-hydrogen) atoms. The molecular formula is C31H43N3O8S. The first-order valence-electron chi connectivity index (χ1n) is 14.6. The zero-order valence-electron chi connectivity index (χ0n) is 25.4. The highest BCUT2D eigenvalue weighted by Gasteiger charge is 2.33. The van der Waals surface area contributed by atoms with E-state index < -0.39 is 41.6 Å². The molecule has 1 aromatic carbocycles. The average molecular weight is 618 g/mol. The van der Waals surface area contributed by atoms with Crippen LogP contribution >= 0.6 is 11.8 Å². The van der Waals surface area contributed by atoms with Crippen molar-refractivity contribution in [3.63, 3.8) is 0 Å². The Balaban J connectivity index is 2.10. The van der Waals surface area contributed by atoms with Crippen LogP contribution in [0.3, 0.4) is 0 Å². The Kier molecular flexibility index (Phi) is 15.1. The number of thioether (sulfide) groups is 1. The van der Waals surface area contributed by atoms with Gasteiger partial charge in [-0.15, -0.1) is 5.06 Å². The van der Waals surface area contributed by atoms with E-state index in [0.29, 0.717) is 23.7 Å². The molecule has 0 spiro atoms. The van der Waals surface area contributed by atoms with Crippen molar-refractivity contribution in [1.82, 2.24) is 15.7 Å². The lowest BCUT2D eigenvalue weighted by molar-refractivity contribution is -0.197. The molecule has 2 rings (SSSR count). The first-order valence-corrected chi connectivity index (χ1v) is 16.0. The Morgan fingerprint density at radius 3 is 2.19 bits per heavy atom. The van der Waals surface area contributed by atoms with Crippen molar-refractivity contribution in [1.29, 1.82) is 0 Å². The fourth-order valence-corrected chi connectivity index (χ4v) is 5.26. The minimum absolute atomic E-state index is 0.0223. The predicted molar refractivity (Wildman–Crippen MR) is 161 cm³/mol. The minimum atomic E-state index is -0.846. The molecule has 0 bridgehead atoms. The quantitative estimate of drug-likeness (QED) is 0.223. The van der Waals surface area contributed by atoms with Crippen LogP contribution in [0.4, 0.5) is 0 Å². The van der Waals surface area contributed by atoms with Gasteiger partial charge in [0, 0.05) is 44.1 Å². The smallest absolute Gasteiger partial charge is 0.334 e. The van der Waals surface area contributed by atoms with E-state index in [1.165, 1.54) is 6.92 Å². The summed E-state index contributed by atoms with van der Waals surface area (Å²) in [6.45, 7) is 5.18. The molecule has 12 heteroatoms. The molecule has 236 valence electrons. The van der Waals surface area contributed by atoms with Crippen molar-refractivity contribution in [3.05, 3.63) is 35.9 Å². The number of benzene rings is 1. The molecule has 0 saturated carbocycles. The van der Waals surface area contributed by atoms with Crippen LogP contribution in [0, 0.1) is 17.8 Å². The number of hydrogen-bond donors (Lipinski definition) is 2. The van der Waals surface area contributed by atoms with Gasteiger partial charge < -0.3 is 20.3 Å². The van der Waals surface area contributed by atoms with E-state index in [2.05, 4.69) is 10.6 Å². The van der Waals surface area contributed by atoms with Crippen molar-refractivity contribution < 1.29 is 38.4 Å². The lowest BCUT2D eigenvalue weighted by Crippen LogP contribution is -2.46. The van der Waals surface area contributed by atoms with E-state index in [4.69, 9.17) is 4.84 Å². The maximum Gasteiger partial charge on any atom is 0.334 e. The number of Topliss-reactive ketones (excluding diaryl/α,β-unsaturated/α-hetero) is 2. The first kappa shape index (κ1) is 35.7. The van der Waals surface area contributed by atoms with E-state index in [1.807, 2.05) is 50.4 Å². The lowest BCUT2D eigenvalue weighted by Gasteiger charge is -2.25. The third-order valence-corrected chi connectivity index (χ3v) is 7.60. The van der Waals surface area contributed by atoms with Gasteiger partial charge in [-0.05, 0) is 49.7 Å². The number of ketones is 2. The molecule has 0 radical (unpaired) electrons. The van der Waals surface area contributed by atoms with Gasteiger partial charge in [-0.25, -0.2) is 4.79 Å². The zero-order valence-corrected chi connectivity index (χ0v) is 26.2. The maximum absolute atomic E-state index is 13.6. The highest BCUT2D eigenvalue weighted by atomic mass is 32.2. The normalized spacial score (nSPS) is 15.1. The number of carbonyl (C=O) groups excluding carboxylic acids is 7. The molecule has 11 nitrogen and oxygen atoms in total. The summed E-state index contributed by atoms with van der Waals surface area (Å²) >= 11 is 1.57. The molecule has 1 saturated heterocycles. The van der Waals surface area contributed by atoms with Crippen molar-refractivity contribution in [2.24, 2.45) is 17.8 Å². The molecule has 1 aromatic rings. The Hall–Kier alpha value is -3.54. The third-order valence-electron chi connectivity index (χ3n) is 6.96. The summed E-state index contributed by atoms with van der Waals surface area (Å²) < 4.78 is 0. The van der Waals surface area contributed by atoms with E-state index in [-0.39, 0.29) is 68.5 Å². The lowest BCUT2D eigenvalue weighted by atomic mass is 9.88. The van der Waals surface area contributed by atoms with Crippen LogP contribution < -0.4 is 10.6 Å². The van der Waals surface area contributed by atoms with Crippen molar-refractivity contribution in [3.8, 4) is 0 Å². The second-order valence-electron chi connectivity index (χ2n) is 11.2. The van der Waals surface area contributed by atoms with Gasteiger partial charge in [0.1, 0.15) is 5.78 Å². The summed E-state index contributed by atoms with van der Waals surface area (Å²) in [6, 6.07) is 8.36. The Labute approximate surface area is 257 Å². The van der Waals surface area contributed by atoms with Crippen LogP contribution in [0.5, 0.6) is 0 Å². The molecule has 2 N–H and O–H groups in total. The van der Waals surface area contributed by atoms with Gasteiger partial charge in [0.05, 0.1) is 12.5 Å². The van der Waals surface area contributed by atoms with Crippen LogP contribution in [-0.2, 0) is 44.8 Å². The molecule has 1 aliphatic heterocycles. The Bertz CT molecular complexity index is 1140. The molecular weight excluding hydrogens is 574 g/mol. The second-order valence-corrected chi connectivity index (χ2v) is 12.2. The highest BCUT2D eigenvalue weighted by Crippen LogP contribution is 2.19. The molecule has 0 aliphatic carbocycles. The summed E-state index contributed by atoms with van der Waals surface area (Å²) in [5.74, 6) is -3.79. The fourth-order valence-electron chi connectivity index (χ4n) is 4.74. The number of hydrogen-bond acceptors (Lipinski definition) is 9. The van der Waals surface area contributed by atoms with Crippen LogP contribution in [-0.4, -0.2) is 70.8 Å². The van der Waals surface area contributed by atoms with Gasteiger partial charge in [-0.2, -0.15) is 11.8 Å². The van der Waals surface area contributed by atoms with E-state index >= 15 is 0 Å². The van der Waals surface area contributed by atoms with Crippen LogP contribution in [0.2, 0.25) is 0 Å². The van der Waals surface area contributed by atoms with Crippen molar-refractivity contribution in [2.75, 3.05) is 18.6 Å². The first-order chi connectivity index (χ1) is 20.4. The van der Waals surface area contributed by atoms with Crippen molar-refractivity contribution in [2.45, 2.75) is 78.2 Å². The van der Waals surface area contributed by atoms with Gasteiger partial charge in [0.2, 0.25) is 11.8 Å². The predicted octanol–water partition coefficient (Wildman–Crippen LogP) is 2.80. The molecule has 0 aromatic heterocycles. The van der Waals surface area contributed by atoms with E-state index in [1.54, 1.807) is 11.8 Å². The Morgan fingerprint density at radius 1 is 0.953 bits per heavy atom. The topological polar surface area (TPSA) is 156 Å². The second kappa shape index (κ2) is 18.2. The van der Waals surface area contributed by atoms with Crippen LogP contribution in [0.1, 0.15) is 71.3 Å². The van der Waals surface area contributed by atoms with Gasteiger partial charge in [0.25, 0.3) is 11.8 Å². The molecule has 0 unspecified atom stereocenters. The summed E-state index contributed by atoms with van der Waals surface area (Å²) in [4.78, 5) is 92.2. The SMILES string of the molecule is CSCC[C@H](CC(C)=O)C(=O)N[C@@H](CC(C)C)C(=O)C[C@@H](Cc1ccccc1)C(=O)NCCC(=O)ON1C(=O)CCC1=O. The van der Waals surface area contributed by atoms with Crippen LogP contribution in [0.25, 0.3) is 0 Å². The number of nitrogens with one attached hydrogen (secondary N) is 2. The average Bonchev–Trinajstić information content (AvgIpc) is 3.26. The van der Waals surface area contributed by atoms with E-state index in [9.17, 15) is 33.6 Å². The summed E-state index contributed by atoms with van der Waals surface area (Å²) in [5.41, 5.74) is 0.837. The number of amides is 4. The van der Waals surface area contributed by atoms with Gasteiger partial charge in [0.15, 0.2) is 5.78 Å². The van der Waals surface area contributed by atoms with Crippen LogP contribution in [0.15, 0.2) is 30.3 Å². The number of imide groups is 1. The highest BCUT2D eigenvalue weighted by molar-refractivity contribution is 7.98. The van der Waals surface area contributed by atoms with Gasteiger partial charge in [-0.3, -0.25) is 24.0 Å². The molecule has 3 atom stereocenters. The number of rotatable bonds is 19. The largest absolute Gasteiger partial charge is 0.355 e. The molecule has 1 heterocycles. The van der Waals surface area contributed by atoms with Gasteiger partial charge >= 0.3 is 5.97 Å². The minimum Gasteiger partial charge on any atom is -0.355 e. The maximum atomic E-state index is 13.6. The summed E-state index contributed by atoms with van der Waals surface area (Å²) in [5, 5.41) is 5.98. The van der Waals surface area contributed by atoms with Crippen molar-refractivity contribution >= 4 is 52.9 Å². The van der Waals surface area contributed by atoms with Gasteiger partial charge in [-0.1, -0.05) is 44.2 Å². The number of carbonyl (C=O) groups is 7. The molecule has 1 aliphatic rings. The third kappa shape index (κ3) is 12.7. The molecule has 4 amide bonds. The Morgan fingerprint density at radius 2 is 1.60 bits per heavy atom. The summed E-state index contributed by atoms with van der Waals surface area (Å²) in [6.07, 6.45) is 2.67. The van der Waals surface area contributed by atoms with E-state index in [0.717, 1.165) is 5.56 Å². The number of nitrogens with zero attached hydrogens (tertiary/aromatic N) is 1. The monoisotopic (exact) mass is 617 g/mol. The summed E-state index contributed by atoms with van der Waals surface area (Å²) in [7, 11) is 0. The zero-order chi connectivity index (χ0) is 31.9. The molecule has 1 fully saturated rings. The fraction of sp³-hybridized carbons (Fsp3) is 0.581. The standard InChI is InChI=1S/C31H43N3O8S/c1-20(2)16-25(33-31(41)23(13-15-43-4)17-21(3)35)26(36)19-24(18-22-8-6-5-7-9-22)30(40)32-14-12-29(39)42-34-27(37)10-11-28(34)38/h5-9,20,23-25H,10-19H2,1-4H3,(H,32,40)(H,33,41)/t23-,24-,25+/m1/s1.